The summed E-state index contributed by atoms with van der Waals surface area (Å²) in [5.41, 5.74) is 0.568. The van der Waals surface area contributed by atoms with E-state index >= 15 is 0 Å². The van der Waals surface area contributed by atoms with Gasteiger partial charge in [-0.2, -0.15) is 0 Å². The molecule has 3 aromatic carbocycles. The van der Waals surface area contributed by atoms with Crippen molar-refractivity contribution in [1.82, 2.24) is 4.90 Å². The summed E-state index contributed by atoms with van der Waals surface area (Å²) in [6.07, 6.45) is 0. The molecule has 2 heterocycles. The highest BCUT2D eigenvalue weighted by molar-refractivity contribution is 6.21. The number of carbonyl (C=O) groups is 2. The number of ether oxygens (including phenoxy) is 6. The molecule has 0 spiro atoms. The number of hydrogen-bond donors (Lipinski definition) is 0. The topological polar surface area (TPSA) is 123 Å². The molecule has 0 saturated carbocycles. The summed E-state index contributed by atoms with van der Waals surface area (Å²) in [4.78, 5) is 40.3. The highest BCUT2D eigenvalue weighted by Crippen LogP contribution is 2.50. The lowest BCUT2D eigenvalue weighted by Gasteiger charge is -2.21. The van der Waals surface area contributed by atoms with Gasteiger partial charge in [0.1, 0.15) is 11.1 Å². The zero-order chi connectivity index (χ0) is 28.6. The fourth-order valence-electron chi connectivity index (χ4n) is 4.60. The summed E-state index contributed by atoms with van der Waals surface area (Å²) < 4.78 is 39.5. The van der Waals surface area contributed by atoms with Crippen LogP contribution in [-0.2, 0) is 0 Å². The van der Waals surface area contributed by atoms with Crippen LogP contribution in [0.1, 0.15) is 20.7 Å². The number of benzene rings is 3. The van der Waals surface area contributed by atoms with E-state index < -0.39 is 24.0 Å². The van der Waals surface area contributed by atoms with Crippen molar-refractivity contribution in [3.63, 3.8) is 0 Å². The third-order valence-corrected chi connectivity index (χ3v) is 6.50. The fourth-order valence-corrected chi connectivity index (χ4v) is 4.60. The number of amides is 2. The van der Waals surface area contributed by atoms with E-state index in [1.165, 1.54) is 41.6 Å². The normalized spacial score (nSPS) is 12.4. The first-order valence-corrected chi connectivity index (χ1v) is 12.0. The third kappa shape index (κ3) is 4.12. The number of methoxy groups -OCH3 is 5. The molecule has 2 amide bonds. The Bertz CT molecular complexity index is 1670. The summed E-state index contributed by atoms with van der Waals surface area (Å²) in [6, 6.07) is 12.8. The van der Waals surface area contributed by atoms with E-state index in [2.05, 4.69) is 0 Å². The molecule has 11 nitrogen and oxygen atoms in total. The largest absolute Gasteiger partial charge is 0.493 e. The van der Waals surface area contributed by atoms with Gasteiger partial charge in [-0.05, 0) is 30.3 Å². The number of fused-ring (bicyclic) bond motifs is 2. The Hall–Kier alpha value is -5.19. The minimum atomic E-state index is -0.521. The Morgan fingerprint density at radius 1 is 0.675 bits per heavy atom. The van der Waals surface area contributed by atoms with Gasteiger partial charge < -0.3 is 32.8 Å². The number of carbonyl (C=O) groups excluding carboxylic acids is 2. The summed E-state index contributed by atoms with van der Waals surface area (Å²) >= 11 is 0. The molecule has 206 valence electrons. The van der Waals surface area contributed by atoms with Gasteiger partial charge in [0.15, 0.2) is 35.0 Å². The van der Waals surface area contributed by atoms with Crippen LogP contribution in [0.5, 0.6) is 34.5 Å². The van der Waals surface area contributed by atoms with Crippen LogP contribution in [0.2, 0.25) is 0 Å². The van der Waals surface area contributed by atoms with Crippen LogP contribution in [0.25, 0.3) is 22.3 Å². The Morgan fingerprint density at radius 2 is 1.27 bits per heavy atom. The molecular formula is C29H25NO10. The molecule has 0 unspecified atom stereocenters. The maximum atomic E-state index is 13.6. The second-order valence-electron chi connectivity index (χ2n) is 8.54. The van der Waals surface area contributed by atoms with E-state index in [1.54, 1.807) is 42.5 Å². The number of nitrogens with zero attached hydrogens (tertiary/aromatic N) is 1. The van der Waals surface area contributed by atoms with Crippen LogP contribution in [0.15, 0.2) is 57.7 Å². The maximum Gasteiger partial charge on any atom is 0.264 e. The quantitative estimate of drug-likeness (QED) is 0.283. The van der Waals surface area contributed by atoms with Gasteiger partial charge in [0.2, 0.25) is 17.2 Å². The van der Waals surface area contributed by atoms with Crippen molar-refractivity contribution in [1.29, 1.82) is 0 Å². The van der Waals surface area contributed by atoms with Crippen molar-refractivity contribution < 1.29 is 42.4 Å². The standard InChI is InChI=1S/C29H25NO10/c1-34-19-11-10-15(12-21(19)35-2)20-13-18(31)22-23(25(36-3)27(38-5)26(37-4)24(22)40-20)39-14-30-28(32)16-8-6-7-9-17(16)29(30)33/h6-13H,14H2,1-5H3. The molecule has 0 radical (unpaired) electrons. The van der Waals surface area contributed by atoms with Crippen LogP contribution in [0.4, 0.5) is 0 Å². The molecule has 0 aliphatic carbocycles. The Morgan fingerprint density at radius 3 is 1.85 bits per heavy atom. The van der Waals surface area contributed by atoms with Crippen molar-refractivity contribution >= 4 is 22.8 Å². The van der Waals surface area contributed by atoms with Gasteiger partial charge in [0, 0.05) is 11.6 Å². The summed E-state index contributed by atoms with van der Waals surface area (Å²) in [5.74, 6) is 0.210. The minimum absolute atomic E-state index is 0.00907. The van der Waals surface area contributed by atoms with Gasteiger partial charge in [-0.3, -0.25) is 14.4 Å². The molecule has 0 bridgehead atoms. The second kappa shape index (κ2) is 10.5. The van der Waals surface area contributed by atoms with Gasteiger partial charge in [0.25, 0.3) is 11.8 Å². The van der Waals surface area contributed by atoms with Crippen molar-refractivity contribution in [3.8, 4) is 45.8 Å². The first-order chi connectivity index (χ1) is 19.4. The average Bonchev–Trinajstić information content (AvgIpc) is 3.23. The minimum Gasteiger partial charge on any atom is -0.493 e. The van der Waals surface area contributed by atoms with E-state index in [0.717, 1.165) is 4.90 Å². The van der Waals surface area contributed by atoms with Crippen LogP contribution in [0.3, 0.4) is 0 Å². The van der Waals surface area contributed by atoms with Gasteiger partial charge in [-0.25, -0.2) is 4.90 Å². The fraction of sp³-hybridized carbons (Fsp3) is 0.207. The molecule has 0 atom stereocenters. The SMILES string of the molecule is COc1ccc(-c2cc(=O)c3c(OCN4C(=O)c5ccccc5C4=O)c(OC)c(OC)c(OC)c3o2)cc1OC. The third-order valence-electron chi connectivity index (χ3n) is 6.50. The molecule has 1 aliphatic heterocycles. The molecule has 0 fully saturated rings. The number of rotatable bonds is 9. The zero-order valence-corrected chi connectivity index (χ0v) is 22.4. The van der Waals surface area contributed by atoms with E-state index in [1.807, 2.05) is 0 Å². The smallest absolute Gasteiger partial charge is 0.264 e. The molecule has 1 aliphatic rings. The predicted molar refractivity (Wildman–Crippen MR) is 143 cm³/mol. The monoisotopic (exact) mass is 547 g/mol. The average molecular weight is 548 g/mol. The summed E-state index contributed by atoms with van der Waals surface area (Å²) in [7, 11) is 7.14. The van der Waals surface area contributed by atoms with Gasteiger partial charge in [-0.15, -0.1) is 0 Å². The van der Waals surface area contributed by atoms with Gasteiger partial charge >= 0.3 is 0 Å². The molecular weight excluding hydrogens is 522 g/mol. The highest BCUT2D eigenvalue weighted by Gasteiger charge is 2.36. The summed E-state index contributed by atoms with van der Waals surface area (Å²) in [6.45, 7) is -0.496. The van der Waals surface area contributed by atoms with Crippen LogP contribution in [-0.4, -0.2) is 59.0 Å². The molecule has 0 saturated heterocycles. The van der Waals surface area contributed by atoms with Gasteiger partial charge in [0.05, 0.1) is 46.7 Å². The maximum absolute atomic E-state index is 13.6. The van der Waals surface area contributed by atoms with E-state index in [-0.39, 0.29) is 50.9 Å². The van der Waals surface area contributed by atoms with Gasteiger partial charge in [-0.1, -0.05) is 12.1 Å². The first-order valence-electron chi connectivity index (χ1n) is 12.0. The lowest BCUT2D eigenvalue weighted by molar-refractivity contribution is 0.0520. The Balaban J connectivity index is 1.65. The second-order valence-corrected chi connectivity index (χ2v) is 8.54. The zero-order valence-electron chi connectivity index (χ0n) is 22.4. The Kier molecular flexibility index (Phi) is 6.95. The van der Waals surface area contributed by atoms with E-state index in [4.69, 9.17) is 32.8 Å². The van der Waals surface area contributed by atoms with Crippen LogP contribution in [0, 0.1) is 0 Å². The molecule has 1 aromatic heterocycles. The number of hydrogen-bond acceptors (Lipinski definition) is 10. The van der Waals surface area contributed by atoms with Crippen molar-refractivity contribution in [2.75, 3.05) is 42.3 Å². The number of imide groups is 1. The van der Waals surface area contributed by atoms with E-state index in [0.29, 0.717) is 17.1 Å². The molecule has 0 N–H and O–H groups in total. The molecule has 40 heavy (non-hydrogen) atoms. The van der Waals surface area contributed by atoms with Crippen LogP contribution >= 0.6 is 0 Å². The highest BCUT2D eigenvalue weighted by atomic mass is 16.6. The lowest BCUT2D eigenvalue weighted by atomic mass is 10.1. The lowest BCUT2D eigenvalue weighted by Crippen LogP contribution is -2.33. The van der Waals surface area contributed by atoms with Crippen molar-refractivity contribution in [2.45, 2.75) is 0 Å². The van der Waals surface area contributed by atoms with Crippen molar-refractivity contribution in [2.24, 2.45) is 0 Å². The summed E-state index contributed by atoms with van der Waals surface area (Å²) in [5, 5.41) is -0.0321. The van der Waals surface area contributed by atoms with E-state index in [9.17, 15) is 14.4 Å². The van der Waals surface area contributed by atoms with Crippen molar-refractivity contribution in [3.05, 3.63) is 69.9 Å². The molecule has 4 aromatic rings. The first kappa shape index (κ1) is 26.4. The van der Waals surface area contributed by atoms with Crippen LogP contribution < -0.4 is 33.8 Å². The Labute approximate surface area is 228 Å². The molecule has 5 rings (SSSR count). The predicted octanol–water partition coefficient (Wildman–Crippen LogP) is 4.14. The molecule has 11 heteroatoms.